The minimum atomic E-state index is -4.27. The van der Waals surface area contributed by atoms with E-state index >= 15 is 0 Å². The van der Waals surface area contributed by atoms with Crippen LogP contribution in [0.5, 0.6) is 0 Å². The van der Waals surface area contributed by atoms with E-state index in [2.05, 4.69) is 0 Å². The highest BCUT2D eigenvalue weighted by Crippen LogP contribution is 2.31. The molecule has 0 aliphatic carbocycles. The Balaban J connectivity index is 3.07. The molecule has 0 saturated carbocycles. The van der Waals surface area contributed by atoms with Crippen molar-refractivity contribution in [2.45, 2.75) is 12.6 Å². The molecule has 0 heterocycles. The van der Waals surface area contributed by atoms with Crippen LogP contribution in [0.15, 0.2) is 18.2 Å². The Labute approximate surface area is 93.6 Å². The number of halogens is 4. The topological polar surface area (TPSA) is 26.0 Å². The minimum Gasteiger partial charge on any atom is -0.330 e. The van der Waals surface area contributed by atoms with Gasteiger partial charge in [-0.3, -0.25) is 0 Å². The average Bonchev–Trinajstić information content (AvgIpc) is 2.02. The van der Waals surface area contributed by atoms with Crippen molar-refractivity contribution in [2.75, 3.05) is 6.54 Å². The summed E-state index contributed by atoms with van der Waals surface area (Å²) in [5.41, 5.74) is 5.31. The Bertz CT molecular complexity index is 322. The molecule has 0 amide bonds. The van der Waals surface area contributed by atoms with Gasteiger partial charge >= 0.3 is 6.18 Å². The molecule has 0 aliphatic heterocycles. The standard InChI is InChI=1S/C9H9F3IN/c10-9(11,12)7-3-6(1-2-14)4-8(13)5-7/h3-5H,1-2,14H2. The second-order valence-corrected chi connectivity index (χ2v) is 4.13. The van der Waals surface area contributed by atoms with Gasteiger partial charge in [-0.1, -0.05) is 0 Å². The smallest absolute Gasteiger partial charge is 0.330 e. The molecule has 14 heavy (non-hydrogen) atoms. The molecule has 78 valence electrons. The van der Waals surface area contributed by atoms with E-state index in [1.165, 1.54) is 0 Å². The molecule has 0 aliphatic rings. The van der Waals surface area contributed by atoms with Gasteiger partial charge in [-0.25, -0.2) is 0 Å². The largest absolute Gasteiger partial charge is 0.416 e. The molecule has 0 bridgehead atoms. The highest BCUT2D eigenvalue weighted by Gasteiger charge is 2.30. The molecular formula is C9H9F3IN. The summed E-state index contributed by atoms with van der Waals surface area (Å²) >= 11 is 1.87. The van der Waals surface area contributed by atoms with Gasteiger partial charge in [0.25, 0.3) is 0 Å². The molecule has 1 nitrogen and oxygen atoms in total. The molecule has 0 saturated heterocycles. The summed E-state index contributed by atoms with van der Waals surface area (Å²) in [5.74, 6) is 0. The third kappa shape index (κ3) is 3.13. The minimum absolute atomic E-state index is 0.359. The maximum Gasteiger partial charge on any atom is 0.416 e. The molecule has 0 radical (unpaired) electrons. The number of nitrogens with two attached hydrogens (primary N) is 1. The van der Waals surface area contributed by atoms with Crippen LogP contribution in [0.25, 0.3) is 0 Å². The first-order valence-corrected chi connectivity index (χ1v) is 5.08. The van der Waals surface area contributed by atoms with Gasteiger partial charge in [-0.2, -0.15) is 13.2 Å². The van der Waals surface area contributed by atoms with E-state index in [-0.39, 0.29) is 0 Å². The fraction of sp³-hybridized carbons (Fsp3) is 0.333. The normalized spacial score (nSPS) is 11.8. The predicted octanol–water partition coefficient (Wildman–Crippen LogP) is 2.81. The zero-order chi connectivity index (χ0) is 10.8. The molecule has 0 aromatic heterocycles. The van der Waals surface area contributed by atoms with E-state index in [4.69, 9.17) is 5.73 Å². The zero-order valence-electron chi connectivity index (χ0n) is 7.24. The lowest BCUT2D eigenvalue weighted by Gasteiger charge is -2.09. The first-order chi connectivity index (χ1) is 6.43. The molecule has 2 N–H and O–H groups in total. The third-order valence-corrected chi connectivity index (χ3v) is 2.34. The highest BCUT2D eigenvalue weighted by molar-refractivity contribution is 14.1. The van der Waals surface area contributed by atoms with E-state index in [9.17, 15) is 13.2 Å². The first kappa shape index (κ1) is 11.8. The fourth-order valence-corrected chi connectivity index (χ4v) is 1.86. The number of rotatable bonds is 2. The van der Waals surface area contributed by atoms with Crippen molar-refractivity contribution in [3.05, 3.63) is 32.9 Å². The van der Waals surface area contributed by atoms with Crippen molar-refractivity contribution >= 4 is 22.6 Å². The molecule has 0 fully saturated rings. The number of alkyl halides is 3. The van der Waals surface area contributed by atoms with E-state index in [1.807, 2.05) is 22.6 Å². The van der Waals surface area contributed by atoms with E-state index in [0.717, 1.165) is 12.1 Å². The maximum atomic E-state index is 12.4. The van der Waals surface area contributed by atoms with E-state index in [0.29, 0.717) is 22.1 Å². The van der Waals surface area contributed by atoms with Gasteiger partial charge in [0.05, 0.1) is 5.56 Å². The quantitative estimate of drug-likeness (QED) is 0.835. The fourth-order valence-electron chi connectivity index (χ4n) is 1.13. The van der Waals surface area contributed by atoms with Crippen LogP contribution in [0, 0.1) is 3.57 Å². The average molecular weight is 315 g/mol. The van der Waals surface area contributed by atoms with E-state index in [1.54, 1.807) is 6.07 Å². The number of hydrogen-bond acceptors (Lipinski definition) is 1. The molecule has 0 atom stereocenters. The number of hydrogen-bond donors (Lipinski definition) is 1. The van der Waals surface area contributed by atoms with E-state index < -0.39 is 11.7 Å². The molecule has 1 rings (SSSR count). The summed E-state index contributed by atoms with van der Waals surface area (Å²) in [4.78, 5) is 0. The van der Waals surface area contributed by atoms with Crippen LogP contribution in [-0.2, 0) is 12.6 Å². The van der Waals surface area contributed by atoms with Gasteiger partial charge in [0.15, 0.2) is 0 Å². The molecule has 0 spiro atoms. The second kappa shape index (κ2) is 4.48. The monoisotopic (exact) mass is 315 g/mol. The Morgan fingerprint density at radius 3 is 2.36 bits per heavy atom. The van der Waals surface area contributed by atoms with Crippen molar-refractivity contribution in [2.24, 2.45) is 5.73 Å². The molecule has 5 heteroatoms. The van der Waals surface area contributed by atoms with Gasteiger partial charge < -0.3 is 5.73 Å². The van der Waals surface area contributed by atoms with Gasteiger partial charge in [-0.05, 0) is 59.3 Å². The number of benzene rings is 1. The first-order valence-electron chi connectivity index (χ1n) is 4.00. The summed E-state index contributed by atoms with van der Waals surface area (Å²) < 4.78 is 37.6. The Morgan fingerprint density at radius 1 is 1.21 bits per heavy atom. The lowest BCUT2D eigenvalue weighted by molar-refractivity contribution is -0.137. The van der Waals surface area contributed by atoms with Crippen molar-refractivity contribution < 1.29 is 13.2 Å². The van der Waals surface area contributed by atoms with Crippen LogP contribution in [0.4, 0.5) is 13.2 Å². The third-order valence-electron chi connectivity index (χ3n) is 1.72. The summed E-state index contributed by atoms with van der Waals surface area (Å²) in [5, 5.41) is 0. The maximum absolute atomic E-state index is 12.4. The summed E-state index contributed by atoms with van der Waals surface area (Å²) in [7, 11) is 0. The molecule has 1 aromatic carbocycles. The molecule has 0 unspecified atom stereocenters. The van der Waals surface area contributed by atoms with Crippen LogP contribution < -0.4 is 5.73 Å². The predicted molar refractivity (Wildman–Crippen MR) is 56.9 cm³/mol. The van der Waals surface area contributed by atoms with Crippen molar-refractivity contribution in [3.63, 3.8) is 0 Å². The lowest BCUT2D eigenvalue weighted by atomic mass is 10.1. The van der Waals surface area contributed by atoms with Gasteiger partial charge in [-0.15, -0.1) is 0 Å². The van der Waals surface area contributed by atoms with Gasteiger partial charge in [0.2, 0.25) is 0 Å². The summed E-state index contributed by atoms with van der Waals surface area (Å²) in [6, 6.07) is 3.98. The lowest BCUT2D eigenvalue weighted by Crippen LogP contribution is -2.08. The van der Waals surface area contributed by atoms with Crippen molar-refractivity contribution in [1.29, 1.82) is 0 Å². The Kier molecular flexibility index (Phi) is 3.77. The summed E-state index contributed by atoms with van der Waals surface area (Å²) in [6.45, 7) is 0.359. The van der Waals surface area contributed by atoms with Crippen LogP contribution in [-0.4, -0.2) is 6.54 Å². The summed E-state index contributed by atoms with van der Waals surface area (Å²) in [6.07, 6.45) is -3.80. The van der Waals surface area contributed by atoms with Crippen LogP contribution in [0.1, 0.15) is 11.1 Å². The SMILES string of the molecule is NCCc1cc(I)cc(C(F)(F)F)c1. The molecule has 1 aromatic rings. The van der Waals surface area contributed by atoms with Crippen LogP contribution >= 0.6 is 22.6 Å². The van der Waals surface area contributed by atoms with Gasteiger partial charge in [0, 0.05) is 3.57 Å². The second-order valence-electron chi connectivity index (χ2n) is 2.88. The zero-order valence-corrected chi connectivity index (χ0v) is 9.39. The Hall–Kier alpha value is -0.300. The van der Waals surface area contributed by atoms with Crippen LogP contribution in [0.2, 0.25) is 0 Å². The van der Waals surface area contributed by atoms with Crippen molar-refractivity contribution in [1.82, 2.24) is 0 Å². The van der Waals surface area contributed by atoms with Crippen molar-refractivity contribution in [3.8, 4) is 0 Å². The highest BCUT2D eigenvalue weighted by atomic mass is 127. The van der Waals surface area contributed by atoms with Gasteiger partial charge in [0.1, 0.15) is 0 Å². The molecular weight excluding hydrogens is 306 g/mol. The van der Waals surface area contributed by atoms with Crippen LogP contribution in [0.3, 0.4) is 0 Å². The Morgan fingerprint density at radius 2 is 1.86 bits per heavy atom.